The van der Waals surface area contributed by atoms with Crippen molar-refractivity contribution in [1.82, 2.24) is 20.2 Å². The van der Waals surface area contributed by atoms with Gasteiger partial charge in [-0.3, -0.25) is 5.10 Å². The van der Waals surface area contributed by atoms with E-state index in [1.807, 2.05) is 18.2 Å². The number of alkyl halides is 1. The van der Waals surface area contributed by atoms with Gasteiger partial charge in [0.1, 0.15) is 17.9 Å². The maximum atomic E-state index is 5.70. The highest BCUT2D eigenvalue weighted by Gasteiger charge is 2.06. The highest BCUT2D eigenvalue weighted by molar-refractivity contribution is 6.17. The maximum Gasteiger partial charge on any atom is 0.154 e. The summed E-state index contributed by atoms with van der Waals surface area (Å²) in [7, 11) is 0. The molecule has 3 rings (SSSR count). The van der Waals surface area contributed by atoms with E-state index in [0.29, 0.717) is 24.1 Å². The van der Waals surface area contributed by atoms with Crippen LogP contribution in [0.4, 0.5) is 11.6 Å². The van der Waals surface area contributed by atoms with Crippen molar-refractivity contribution in [3.8, 4) is 5.75 Å². The van der Waals surface area contributed by atoms with E-state index in [0.717, 1.165) is 29.5 Å². The molecular formula is C15H15ClN5O. The molecule has 1 radical (unpaired) electrons. The lowest BCUT2D eigenvalue weighted by Crippen LogP contribution is -1.99. The van der Waals surface area contributed by atoms with Gasteiger partial charge in [-0.05, 0) is 25.0 Å². The van der Waals surface area contributed by atoms with Gasteiger partial charge in [0.25, 0.3) is 0 Å². The summed E-state index contributed by atoms with van der Waals surface area (Å²) < 4.78 is 5.70. The molecule has 0 unspecified atom stereocenters. The van der Waals surface area contributed by atoms with E-state index in [1.165, 1.54) is 6.33 Å². The number of aromatic amines is 1. The Morgan fingerprint density at radius 3 is 3.05 bits per heavy atom. The SMILES string of the molecule is ClCCCCOc1ccc2c(Nc3c[c][nH]n3)ncnc2c1. The number of fused-ring (bicyclic) bond motifs is 1. The summed E-state index contributed by atoms with van der Waals surface area (Å²) in [5.41, 5.74) is 0.812. The van der Waals surface area contributed by atoms with Crippen molar-refractivity contribution in [3.63, 3.8) is 0 Å². The number of hydrogen-bond acceptors (Lipinski definition) is 5. The van der Waals surface area contributed by atoms with E-state index in [1.54, 1.807) is 6.07 Å². The Morgan fingerprint density at radius 1 is 1.27 bits per heavy atom. The van der Waals surface area contributed by atoms with Crippen LogP contribution in [0.2, 0.25) is 0 Å². The molecular weight excluding hydrogens is 302 g/mol. The minimum absolute atomic E-state index is 0.650. The van der Waals surface area contributed by atoms with E-state index in [-0.39, 0.29) is 0 Å². The topological polar surface area (TPSA) is 75.7 Å². The first-order chi connectivity index (χ1) is 10.9. The summed E-state index contributed by atoms with van der Waals surface area (Å²) in [6.45, 7) is 0.650. The molecule has 7 heteroatoms. The van der Waals surface area contributed by atoms with Crippen LogP contribution < -0.4 is 10.1 Å². The molecule has 2 heterocycles. The summed E-state index contributed by atoms with van der Waals surface area (Å²) in [6, 6.07) is 7.46. The van der Waals surface area contributed by atoms with Gasteiger partial charge in [0.2, 0.25) is 0 Å². The van der Waals surface area contributed by atoms with Gasteiger partial charge in [-0.15, -0.1) is 11.6 Å². The van der Waals surface area contributed by atoms with Gasteiger partial charge in [0, 0.05) is 23.4 Å². The fraction of sp³-hybridized carbons (Fsp3) is 0.267. The maximum absolute atomic E-state index is 5.70. The van der Waals surface area contributed by atoms with Crippen LogP contribution in [0.3, 0.4) is 0 Å². The Kier molecular flexibility index (Phi) is 4.70. The van der Waals surface area contributed by atoms with Crippen LogP contribution in [-0.2, 0) is 0 Å². The molecule has 1 aromatic carbocycles. The summed E-state index contributed by atoms with van der Waals surface area (Å²) in [5, 5.41) is 10.7. The lowest BCUT2D eigenvalue weighted by Gasteiger charge is -2.09. The van der Waals surface area contributed by atoms with Gasteiger partial charge < -0.3 is 10.1 Å². The van der Waals surface area contributed by atoms with Gasteiger partial charge in [0.15, 0.2) is 5.82 Å². The third-order valence-electron chi connectivity index (χ3n) is 3.10. The number of rotatable bonds is 7. The fourth-order valence-electron chi connectivity index (χ4n) is 2.02. The van der Waals surface area contributed by atoms with Crippen LogP contribution in [0.5, 0.6) is 5.75 Å². The van der Waals surface area contributed by atoms with Gasteiger partial charge in [0.05, 0.1) is 18.3 Å². The molecule has 0 aliphatic heterocycles. The number of ether oxygens (including phenoxy) is 1. The van der Waals surface area contributed by atoms with E-state index in [9.17, 15) is 0 Å². The molecule has 0 atom stereocenters. The molecule has 2 N–H and O–H groups in total. The van der Waals surface area contributed by atoms with Crippen molar-refractivity contribution in [3.05, 3.63) is 36.8 Å². The van der Waals surface area contributed by atoms with Gasteiger partial charge in [-0.1, -0.05) is 0 Å². The van der Waals surface area contributed by atoms with Crippen molar-refractivity contribution < 1.29 is 4.74 Å². The Labute approximate surface area is 132 Å². The van der Waals surface area contributed by atoms with Crippen LogP contribution in [-0.4, -0.2) is 32.7 Å². The molecule has 0 fully saturated rings. The molecule has 0 spiro atoms. The predicted octanol–water partition coefficient (Wildman–Crippen LogP) is 3.29. The number of aromatic nitrogens is 4. The largest absolute Gasteiger partial charge is 0.494 e. The van der Waals surface area contributed by atoms with Crippen molar-refractivity contribution >= 4 is 34.1 Å². The zero-order valence-corrected chi connectivity index (χ0v) is 12.6. The molecule has 0 aliphatic carbocycles. The van der Waals surface area contributed by atoms with E-state index in [2.05, 4.69) is 31.7 Å². The molecule has 22 heavy (non-hydrogen) atoms. The van der Waals surface area contributed by atoms with Gasteiger partial charge in [-0.25, -0.2) is 9.97 Å². The molecule has 0 aliphatic rings. The molecule has 0 amide bonds. The molecule has 0 bridgehead atoms. The molecule has 2 aromatic heterocycles. The zero-order chi connectivity index (χ0) is 15.2. The molecule has 3 aromatic rings. The summed E-state index contributed by atoms with van der Waals surface area (Å²) in [6.07, 6.45) is 6.17. The van der Waals surface area contributed by atoms with Crippen LogP contribution in [0, 0.1) is 6.20 Å². The molecule has 0 saturated carbocycles. The van der Waals surface area contributed by atoms with Crippen LogP contribution in [0.1, 0.15) is 12.8 Å². The van der Waals surface area contributed by atoms with Crippen LogP contribution >= 0.6 is 11.6 Å². The average Bonchev–Trinajstić information content (AvgIpc) is 3.05. The average molecular weight is 317 g/mol. The fourth-order valence-corrected chi connectivity index (χ4v) is 2.21. The lowest BCUT2D eigenvalue weighted by molar-refractivity contribution is 0.310. The summed E-state index contributed by atoms with van der Waals surface area (Å²) in [4.78, 5) is 8.54. The Morgan fingerprint density at radius 2 is 2.23 bits per heavy atom. The first-order valence-electron chi connectivity index (χ1n) is 6.99. The minimum atomic E-state index is 0.650. The highest BCUT2D eigenvalue weighted by Crippen LogP contribution is 2.25. The number of nitrogens with zero attached hydrogens (tertiary/aromatic N) is 3. The van der Waals surface area contributed by atoms with E-state index in [4.69, 9.17) is 16.3 Å². The second-order valence-corrected chi connectivity index (χ2v) is 5.05. The second kappa shape index (κ2) is 7.09. The number of H-pyrrole nitrogens is 1. The van der Waals surface area contributed by atoms with E-state index >= 15 is 0 Å². The zero-order valence-electron chi connectivity index (χ0n) is 11.8. The Balaban J connectivity index is 1.78. The quantitative estimate of drug-likeness (QED) is 0.516. The summed E-state index contributed by atoms with van der Waals surface area (Å²) in [5.74, 6) is 2.80. The first kappa shape index (κ1) is 14.6. The third kappa shape index (κ3) is 3.46. The number of halogens is 1. The second-order valence-electron chi connectivity index (χ2n) is 4.67. The van der Waals surface area contributed by atoms with Crippen LogP contribution in [0.15, 0.2) is 30.6 Å². The number of hydrogen-bond donors (Lipinski definition) is 2. The first-order valence-corrected chi connectivity index (χ1v) is 7.52. The molecule has 0 saturated heterocycles. The number of unbranched alkanes of at least 4 members (excludes halogenated alkanes) is 1. The highest BCUT2D eigenvalue weighted by atomic mass is 35.5. The number of anilines is 2. The predicted molar refractivity (Wildman–Crippen MR) is 85.7 cm³/mol. The summed E-state index contributed by atoms with van der Waals surface area (Å²) >= 11 is 5.65. The van der Waals surface area contributed by atoms with Crippen molar-refractivity contribution in [2.45, 2.75) is 12.8 Å². The van der Waals surface area contributed by atoms with Crippen molar-refractivity contribution in [1.29, 1.82) is 0 Å². The standard InChI is InChI=1S/C15H15ClN5O/c16-6-1-2-8-22-11-3-4-12-13(9-11)17-10-18-15(12)20-14-5-7-19-21-14/h3-5,9-10H,1-2,6,8H2,(H2,17,18,19,20,21). The third-order valence-corrected chi connectivity index (χ3v) is 3.37. The van der Waals surface area contributed by atoms with Crippen LogP contribution in [0.25, 0.3) is 10.9 Å². The number of benzene rings is 1. The van der Waals surface area contributed by atoms with E-state index < -0.39 is 0 Å². The van der Waals surface area contributed by atoms with Crippen molar-refractivity contribution in [2.75, 3.05) is 17.8 Å². The van der Waals surface area contributed by atoms with Crippen molar-refractivity contribution in [2.24, 2.45) is 0 Å². The smallest absolute Gasteiger partial charge is 0.154 e. The minimum Gasteiger partial charge on any atom is -0.494 e. The van der Waals surface area contributed by atoms with Gasteiger partial charge in [-0.2, -0.15) is 5.10 Å². The number of nitrogens with one attached hydrogen (secondary N) is 2. The Bertz CT molecular complexity index is 732. The molecule has 113 valence electrons. The Hall–Kier alpha value is -2.34. The molecule has 6 nitrogen and oxygen atoms in total. The lowest BCUT2D eigenvalue weighted by atomic mass is 10.2. The van der Waals surface area contributed by atoms with Gasteiger partial charge >= 0.3 is 0 Å². The normalized spacial score (nSPS) is 10.8. The monoisotopic (exact) mass is 316 g/mol.